The quantitative estimate of drug-likeness (QED) is 0.0830. The van der Waals surface area contributed by atoms with Gasteiger partial charge in [-0.3, -0.25) is 4.79 Å². The van der Waals surface area contributed by atoms with Crippen LogP contribution in [-0.2, 0) is 42.7 Å². The molecule has 3 heterocycles. The minimum absolute atomic E-state index is 0.0600. The number of carbonyl (C=O) groups is 6. The van der Waals surface area contributed by atoms with Gasteiger partial charge in [0.15, 0.2) is 6.29 Å². The van der Waals surface area contributed by atoms with Gasteiger partial charge in [0.05, 0.1) is 57.0 Å². The number of hydrogen-bond donors (Lipinski definition) is 10. The highest BCUT2D eigenvalue weighted by molar-refractivity contribution is 5.82. The molecule has 2 saturated heterocycles. The lowest BCUT2D eigenvalue weighted by Crippen LogP contribution is -2.71. The number of alkyl carbamates (subject to hydrolysis) is 3. The molecule has 4 aliphatic rings. The van der Waals surface area contributed by atoms with Crippen molar-refractivity contribution in [1.29, 1.82) is 0 Å². The molecular weight excluding hydrogens is 1030 g/mol. The first-order valence-corrected chi connectivity index (χ1v) is 26.5. The van der Waals surface area contributed by atoms with E-state index in [1.54, 1.807) is 110 Å². The first-order valence-electron chi connectivity index (χ1n) is 26.5. The number of aliphatic hydroxyl groups is 5. The van der Waals surface area contributed by atoms with Crippen molar-refractivity contribution in [2.24, 2.45) is 5.92 Å². The maximum atomic E-state index is 14.0. The predicted molar refractivity (Wildman–Crippen MR) is 279 cm³/mol. The second kappa shape index (κ2) is 25.2. The molecule has 448 valence electrons. The molecule has 0 bridgehead atoms. The van der Waals surface area contributed by atoms with Crippen LogP contribution < -0.4 is 26.6 Å². The summed E-state index contributed by atoms with van der Waals surface area (Å²) in [6.45, 7) is 25.6. The van der Waals surface area contributed by atoms with Gasteiger partial charge >= 0.3 is 30.5 Å². The summed E-state index contributed by atoms with van der Waals surface area (Å²) in [6.07, 6.45) is -12.7. The van der Waals surface area contributed by atoms with Gasteiger partial charge in [0.1, 0.15) is 69.4 Å². The summed E-state index contributed by atoms with van der Waals surface area (Å²) in [5.41, 5.74) is -7.65. The molecule has 1 unspecified atom stereocenters. The maximum Gasteiger partial charge on any atom is 0.410 e. The van der Waals surface area contributed by atoms with Gasteiger partial charge in [0.2, 0.25) is 0 Å². The number of ether oxygens (including phenoxy) is 8. The third-order valence-corrected chi connectivity index (χ3v) is 12.5. The summed E-state index contributed by atoms with van der Waals surface area (Å²) < 4.78 is 46.7. The van der Waals surface area contributed by atoms with E-state index in [1.165, 1.54) is 18.9 Å². The molecule has 12 atom stereocenters. The predicted octanol–water partition coefficient (Wildman–Crippen LogP) is 2.25. The van der Waals surface area contributed by atoms with E-state index in [2.05, 4.69) is 26.6 Å². The molecule has 0 aromatic rings. The van der Waals surface area contributed by atoms with Crippen LogP contribution in [0.3, 0.4) is 0 Å². The molecular formula is C52H91N7O19. The molecule has 6 amide bonds. The number of likely N-dealkylation sites (tertiary alicyclic amines) is 1. The number of nitrogens with zero attached hydrogens (tertiary/aromatic N) is 2. The Morgan fingerprint density at radius 2 is 1.27 bits per heavy atom. The standard InChI is InChI=1S/C52H91N7O19/c1-46(2,3)74-41(64)54-24-32(60)39(63)55-31-22-30(57-43(66)76-48(7,8)9)33(34(61)37(31)73-40-35(62)38(51(16,69)27-71-40)58(17)44(67)77-49(10,11)12)36-29(56-42(65)75-47(4,5)6)19-18-28(72-36)23-53-21-20-52(70)25-59(26-52)45(68)78-50(13,14)15/h18,29-38,40,53,60-62,69-70H,19-27H2,1-17H3,(H,54,64)(H,55,63)(H,56,65)(H,57,66)/t29-,30+,31-,32+,33?,34+,35-,36+,37+,38-,40-,51+/m1/s1. The van der Waals surface area contributed by atoms with Gasteiger partial charge in [-0.1, -0.05) is 0 Å². The smallest absolute Gasteiger partial charge is 0.410 e. The average Bonchev–Trinajstić information content (AvgIpc) is 3.22. The topological polar surface area (TPSA) is 344 Å². The van der Waals surface area contributed by atoms with Crippen LogP contribution in [0.2, 0.25) is 0 Å². The van der Waals surface area contributed by atoms with E-state index in [1.807, 2.05) is 0 Å². The van der Waals surface area contributed by atoms with Crippen molar-refractivity contribution in [2.45, 2.75) is 230 Å². The maximum absolute atomic E-state index is 14.0. The fourth-order valence-electron chi connectivity index (χ4n) is 9.37. The van der Waals surface area contributed by atoms with E-state index < -0.39 is 156 Å². The summed E-state index contributed by atoms with van der Waals surface area (Å²) in [4.78, 5) is 82.2. The summed E-state index contributed by atoms with van der Waals surface area (Å²) in [5, 5.41) is 72.8. The number of nitrogens with one attached hydrogen (secondary N) is 5. The number of aliphatic hydroxyl groups excluding tert-OH is 3. The molecule has 0 radical (unpaired) electrons. The van der Waals surface area contributed by atoms with Crippen molar-refractivity contribution in [3.8, 4) is 0 Å². The van der Waals surface area contributed by atoms with Crippen molar-refractivity contribution >= 4 is 36.4 Å². The Morgan fingerprint density at radius 3 is 1.81 bits per heavy atom. The monoisotopic (exact) mass is 1120 g/mol. The van der Waals surface area contributed by atoms with Crippen molar-refractivity contribution < 1.29 is 92.2 Å². The number of rotatable bonds is 15. The van der Waals surface area contributed by atoms with Crippen molar-refractivity contribution in [3.63, 3.8) is 0 Å². The number of amides is 6. The normalized spacial score (nSPS) is 28.9. The second-order valence-corrected chi connectivity index (χ2v) is 26.0. The zero-order chi connectivity index (χ0) is 59.3. The van der Waals surface area contributed by atoms with E-state index in [-0.39, 0.29) is 45.4 Å². The molecule has 0 aromatic heterocycles. The van der Waals surface area contributed by atoms with Crippen LogP contribution in [0.25, 0.3) is 0 Å². The van der Waals surface area contributed by atoms with E-state index in [0.29, 0.717) is 5.76 Å². The lowest BCUT2D eigenvalue weighted by atomic mass is 9.72. The molecule has 4 rings (SSSR count). The van der Waals surface area contributed by atoms with Gasteiger partial charge in [-0.25, -0.2) is 24.0 Å². The molecule has 26 heteroatoms. The first-order chi connectivity index (χ1) is 35.5. The molecule has 3 fully saturated rings. The van der Waals surface area contributed by atoms with Crippen LogP contribution in [0.1, 0.15) is 130 Å². The highest BCUT2D eigenvalue weighted by Crippen LogP contribution is 2.39. The van der Waals surface area contributed by atoms with Gasteiger partial charge < -0.3 is 99.8 Å². The third-order valence-electron chi connectivity index (χ3n) is 12.5. The van der Waals surface area contributed by atoms with E-state index in [9.17, 15) is 54.3 Å². The lowest BCUT2D eigenvalue weighted by Gasteiger charge is -2.52. The van der Waals surface area contributed by atoms with Crippen LogP contribution in [0.4, 0.5) is 24.0 Å². The minimum atomic E-state index is -1.91. The second-order valence-electron chi connectivity index (χ2n) is 26.0. The number of carbonyl (C=O) groups excluding carboxylic acids is 6. The molecule has 78 heavy (non-hydrogen) atoms. The summed E-state index contributed by atoms with van der Waals surface area (Å²) in [7, 11) is 1.31. The Hall–Kier alpha value is -4.96. The molecule has 26 nitrogen and oxygen atoms in total. The molecule has 3 aliphatic heterocycles. The van der Waals surface area contributed by atoms with Crippen molar-refractivity contribution in [3.05, 3.63) is 11.8 Å². The third kappa shape index (κ3) is 20.0. The van der Waals surface area contributed by atoms with Crippen LogP contribution in [0, 0.1) is 5.92 Å². The average molecular weight is 1120 g/mol. The number of hydrogen-bond acceptors (Lipinski definition) is 20. The molecule has 1 aliphatic carbocycles. The Labute approximate surface area is 458 Å². The Bertz CT molecular complexity index is 2120. The summed E-state index contributed by atoms with van der Waals surface area (Å²) in [6, 6.07) is -5.05. The lowest BCUT2D eigenvalue weighted by molar-refractivity contribution is -0.305. The Balaban J connectivity index is 1.75. The minimum Gasteiger partial charge on any atom is -0.491 e. The number of likely N-dealkylation sites (N-methyl/N-ethyl adjacent to an activating group) is 1. The Morgan fingerprint density at radius 1 is 0.744 bits per heavy atom. The zero-order valence-corrected chi connectivity index (χ0v) is 48.6. The van der Waals surface area contributed by atoms with Crippen LogP contribution in [-0.4, -0.2) is 218 Å². The van der Waals surface area contributed by atoms with Gasteiger partial charge in [-0.15, -0.1) is 0 Å². The van der Waals surface area contributed by atoms with Crippen molar-refractivity contribution in [1.82, 2.24) is 36.4 Å². The highest BCUT2D eigenvalue weighted by atomic mass is 16.7. The van der Waals surface area contributed by atoms with Crippen LogP contribution in [0.5, 0.6) is 0 Å². The van der Waals surface area contributed by atoms with Gasteiger partial charge in [-0.05, 0) is 143 Å². The van der Waals surface area contributed by atoms with Crippen LogP contribution in [0.15, 0.2) is 11.8 Å². The zero-order valence-electron chi connectivity index (χ0n) is 48.6. The fourth-order valence-corrected chi connectivity index (χ4v) is 9.37. The first kappa shape index (κ1) is 65.6. The highest BCUT2D eigenvalue weighted by Gasteiger charge is 2.57. The molecule has 0 spiro atoms. The SMILES string of the molecule is CN(C(=O)OC(C)(C)C)[C@@H]1[C@@H](O)[C@@H](O[C@H]2[C@H](NC(=O)[C@@H](O)CNC(=O)OC(C)(C)C)C[C@H](NC(=O)OC(C)(C)C)C([C@H]3OC(CNCCC4(O)CN(C(=O)OC(C)(C)C)C4)=CC[C@H]3NC(=O)OC(C)(C)C)[C@@H]2O)OC[C@]1(C)O. The number of β-amino-alcohol motifs (C(OH)–C–C–N with tert-alkyl or cyclic N) is 1. The Kier molecular flexibility index (Phi) is 21.2. The van der Waals surface area contributed by atoms with Gasteiger partial charge in [0, 0.05) is 19.0 Å². The van der Waals surface area contributed by atoms with Crippen LogP contribution >= 0.6 is 0 Å². The summed E-state index contributed by atoms with van der Waals surface area (Å²) >= 11 is 0. The molecule has 1 saturated carbocycles. The van der Waals surface area contributed by atoms with Gasteiger partial charge in [0.25, 0.3) is 5.91 Å². The van der Waals surface area contributed by atoms with Gasteiger partial charge in [-0.2, -0.15) is 0 Å². The van der Waals surface area contributed by atoms with E-state index in [4.69, 9.17) is 37.9 Å². The largest absolute Gasteiger partial charge is 0.491 e. The molecule has 10 N–H and O–H groups in total. The van der Waals surface area contributed by atoms with E-state index >= 15 is 0 Å². The van der Waals surface area contributed by atoms with E-state index in [0.717, 1.165) is 4.90 Å². The fraction of sp³-hybridized carbons (Fsp3) is 0.846. The summed E-state index contributed by atoms with van der Waals surface area (Å²) in [5.74, 6) is -2.05. The van der Waals surface area contributed by atoms with Crippen molar-refractivity contribution in [2.75, 3.05) is 46.4 Å². The molecule has 0 aromatic carbocycles.